The molecule has 1 amide bonds. The Hall–Kier alpha value is -4.21. The van der Waals surface area contributed by atoms with Crippen LogP contribution in [0.15, 0.2) is 48.5 Å². The van der Waals surface area contributed by atoms with Crippen molar-refractivity contribution in [3.63, 3.8) is 0 Å². The Morgan fingerprint density at radius 1 is 1.03 bits per heavy atom. The number of carbonyl (C=O) groups is 1. The number of ether oxygens (including phenoxy) is 2. The number of methoxy groups -OCH3 is 2. The summed E-state index contributed by atoms with van der Waals surface area (Å²) in [6, 6.07) is 15.1. The van der Waals surface area contributed by atoms with Crippen LogP contribution >= 0.6 is 0 Å². The molecule has 0 saturated carbocycles. The largest absolute Gasteiger partial charge is 0.477 e. The molecule has 4 aromatic rings. The Labute approximate surface area is 171 Å². The van der Waals surface area contributed by atoms with Gasteiger partial charge in [0, 0.05) is 6.54 Å². The number of carbonyl (C=O) groups excluding carboxylic acids is 1. The molecule has 10 heteroatoms. The number of rotatable bonds is 7. The number of nitrogens with zero attached hydrogens (tertiary/aromatic N) is 5. The SMILES string of the molecule is COc1nnc(-n2c(OC)nc3c(C(N)=O)cccc32)nc1NCc1ccccc1. The third-order valence-electron chi connectivity index (χ3n) is 4.44. The topological polar surface area (TPSA) is 130 Å². The lowest BCUT2D eigenvalue weighted by molar-refractivity contribution is 0.100. The molecule has 2 aromatic heterocycles. The highest BCUT2D eigenvalue weighted by Gasteiger charge is 2.21. The van der Waals surface area contributed by atoms with Crippen molar-refractivity contribution in [2.45, 2.75) is 6.54 Å². The van der Waals surface area contributed by atoms with Crippen molar-refractivity contribution in [3.8, 4) is 17.8 Å². The monoisotopic (exact) mass is 405 g/mol. The molecule has 0 saturated heterocycles. The normalized spacial score (nSPS) is 10.7. The maximum absolute atomic E-state index is 11.8. The van der Waals surface area contributed by atoms with Crippen molar-refractivity contribution in [2.24, 2.45) is 5.73 Å². The second kappa shape index (κ2) is 8.03. The molecule has 2 aromatic carbocycles. The molecule has 0 aliphatic carbocycles. The summed E-state index contributed by atoms with van der Waals surface area (Å²) in [5.41, 5.74) is 7.76. The van der Waals surface area contributed by atoms with Crippen LogP contribution in [0.4, 0.5) is 5.82 Å². The van der Waals surface area contributed by atoms with Crippen LogP contribution in [0.1, 0.15) is 15.9 Å². The summed E-state index contributed by atoms with van der Waals surface area (Å²) in [7, 11) is 2.96. The summed E-state index contributed by atoms with van der Waals surface area (Å²) >= 11 is 0. The highest BCUT2D eigenvalue weighted by atomic mass is 16.5. The second-order valence-electron chi connectivity index (χ2n) is 6.28. The van der Waals surface area contributed by atoms with Gasteiger partial charge in [0.2, 0.25) is 0 Å². The van der Waals surface area contributed by atoms with E-state index in [1.807, 2.05) is 30.3 Å². The Morgan fingerprint density at radius 3 is 2.53 bits per heavy atom. The third kappa shape index (κ3) is 3.46. The van der Waals surface area contributed by atoms with E-state index in [0.717, 1.165) is 5.56 Å². The van der Waals surface area contributed by atoms with Crippen LogP contribution in [0.3, 0.4) is 0 Å². The summed E-state index contributed by atoms with van der Waals surface area (Å²) in [4.78, 5) is 20.7. The van der Waals surface area contributed by atoms with Crippen LogP contribution in [0.2, 0.25) is 0 Å². The van der Waals surface area contributed by atoms with E-state index in [4.69, 9.17) is 15.2 Å². The fraction of sp³-hybridized carbons (Fsp3) is 0.150. The highest BCUT2D eigenvalue weighted by molar-refractivity contribution is 6.04. The molecule has 0 bridgehead atoms. The Morgan fingerprint density at radius 2 is 1.83 bits per heavy atom. The quantitative estimate of drug-likeness (QED) is 0.477. The van der Waals surface area contributed by atoms with Gasteiger partial charge in [-0.15, -0.1) is 10.2 Å². The van der Waals surface area contributed by atoms with E-state index in [9.17, 15) is 4.79 Å². The summed E-state index contributed by atoms with van der Waals surface area (Å²) in [5.74, 6) is 0.261. The summed E-state index contributed by atoms with van der Waals surface area (Å²) in [6.07, 6.45) is 0. The highest BCUT2D eigenvalue weighted by Crippen LogP contribution is 2.28. The fourth-order valence-corrected chi connectivity index (χ4v) is 3.04. The maximum Gasteiger partial charge on any atom is 0.304 e. The van der Waals surface area contributed by atoms with Gasteiger partial charge in [0.15, 0.2) is 5.82 Å². The number of imidazole rings is 1. The molecular formula is C20H19N7O3. The molecular weight excluding hydrogens is 386 g/mol. The molecule has 30 heavy (non-hydrogen) atoms. The predicted octanol–water partition coefficient (Wildman–Crippen LogP) is 1.94. The number of benzene rings is 2. The van der Waals surface area contributed by atoms with Crippen LogP contribution in [0, 0.1) is 0 Å². The molecule has 0 radical (unpaired) electrons. The number of amides is 1. The lowest BCUT2D eigenvalue weighted by Gasteiger charge is -2.11. The van der Waals surface area contributed by atoms with Crippen molar-refractivity contribution in [1.29, 1.82) is 0 Å². The molecule has 10 nitrogen and oxygen atoms in total. The predicted molar refractivity (Wildman–Crippen MR) is 110 cm³/mol. The zero-order valence-electron chi connectivity index (χ0n) is 16.4. The second-order valence-corrected chi connectivity index (χ2v) is 6.28. The van der Waals surface area contributed by atoms with Crippen molar-refractivity contribution in [3.05, 3.63) is 59.7 Å². The number of fused-ring (bicyclic) bond motifs is 1. The number of hydrogen-bond acceptors (Lipinski definition) is 8. The van der Waals surface area contributed by atoms with Crippen LogP contribution in [-0.2, 0) is 6.54 Å². The van der Waals surface area contributed by atoms with Gasteiger partial charge in [0.05, 0.1) is 25.3 Å². The molecule has 0 atom stereocenters. The van der Waals surface area contributed by atoms with Crippen LogP contribution in [-0.4, -0.2) is 44.9 Å². The third-order valence-corrected chi connectivity index (χ3v) is 4.44. The van der Waals surface area contributed by atoms with E-state index >= 15 is 0 Å². The number of anilines is 1. The van der Waals surface area contributed by atoms with E-state index in [2.05, 4.69) is 25.5 Å². The smallest absolute Gasteiger partial charge is 0.304 e. The number of nitrogens with one attached hydrogen (secondary N) is 1. The van der Waals surface area contributed by atoms with Gasteiger partial charge in [-0.2, -0.15) is 9.97 Å². The van der Waals surface area contributed by atoms with Crippen molar-refractivity contribution < 1.29 is 14.3 Å². The van der Waals surface area contributed by atoms with Gasteiger partial charge in [-0.1, -0.05) is 36.4 Å². The molecule has 152 valence electrons. The minimum atomic E-state index is -0.591. The average molecular weight is 405 g/mol. The van der Waals surface area contributed by atoms with Gasteiger partial charge in [-0.05, 0) is 17.7 Å². The fourth-order valence-electron chi connectivity index (χ4n) is 3.04. The molecule has 0 aliphatic rings. The number of nitrogens with two attached hydrogens (primary N) is 1. The van der Waals surface area contributed by atoms with E-state index in [-0.39, 0.29) is 23.4 Å². The molecule has 2 heterocycles. The minimum Gasteiger partial charge on any atom is -0.477 e. The van der Waals surface area contributed by atoms with E-state index in [1.54, 1.807) is 22.8 Å². The lowest BCUT2D eigenvalue weighted by atomic mass is 10.2. The first kappa shape index (κ1) is 19.1. The molecule has 3 N–H and O–H groups in total. The van der Waals surface area contributed by atoms with Gasteiger partial charge in [0.1, 0.15) is 5.52 Å². The molecule has 0 unspecified atom stereocenters. The van der Waals surface area contributed by atoms with E-state index < -0.39 is 5.91 Å². The van der Waals surface area contributed by atoms with Gasteiger partial charge in [-0.3, -0.25) is 4.79 Å². The van der Waals surface area contributed by atoms with Crippen molar-refractivity contribution >= 4 is 22.8 Å². The van der Waals surface area contributed by atoms with E-state index in [1.165, 1.54) is 14.2 Å². The van der Waals surface area contributed by atoms with Crippen LogP contribution < -0.4 is 20.5 Å². The number of hydrogen-bond donors (Lipinski definition) is 2. The van der Waals surface area contributed by atoms with Crippen LogP contribution in [0.5, 0.6) is 11.9 Å². The Balaban J connectivity index is 1.80. The first-order chi connectivity index (χ1) is 14.6. The van der Waals surface area contributed by atoms with Gasteiger partial charge >= 0.3 is 6.01 Å². The van der Waals surface area contributed by atoms with Crippen molar-refractivity contribution in [2.75, 3.05) is 19.5 Å². The maximum atomic E-state index is 11.8. The van der Waals surface area contributed by atoms with Gasteiger partial charge in [-0.25, -0.2) is 4.57 Å². The molecule has 0 fully saturated rings. The number of para-hydroxylation sites is 1. The summed E-state index contributed by atoms with van der Waals surface area (Å²) in [6.45, 7) is 0.517. The zero-order chi connectivity index (χ0) is 21.1. The molecule has 0 spiro atoms. The lowest BCUT2D eigenvalue weighted by Crippen LogP contribution is -2.12. The minimum absolute atomic E-state index is 0.194. The number of primary amides is 1. The number of aromatic nitrogens is 5. The first-order valence-corrected chi connectivity index (χ1v) is 9.04. The molecule has 4 rings (SSSR count). The van der Waals surface area contributed by atoms with Crippen LogP contribution in [0.25, 0.3) is 17.0 Å². The van der Waals surface area contributed by atoms with E-state index in [0.29, 0.717) is 23.4 Å². The van der Waals surface area contributed by atoms with Gasteiger partial charge < -0.3 is 20.5 Å². The van der Waals surface area contributed by atoms with Crippen molar-refractivity contribution in [1.82, 2.24) is 24.7 Å². The Kier molecular flexibility index (Phi) is 5.12. The standard InChI is InChI=1S/C20H19N7O3/c1-29-18-17(22-11-12-7-4-3-5-8-12)24-19(26-25-18)27-14-10-6-9-13(16(21)28)15(14)23-20(27)30-2/h3-10H,11H2,1-2H3,(H2,21,28)(H,22,24,26). The average Bonchev–Trinajstić information content (AvgIpc) is 3.16. The summed E-state index contributed by atoms with van der Waals surface area (Å²) < 4.78 is 12.2. The Bertz CT molecular complexity index is 1210. The zero-order valence-corrected chi connectivity index (χ0v) is 16.4. The first-order valence-electron chi connectivity index (χ1n) is 9.04. The summed E-state index contributed by atoms with van der Waals surface area (Å²) in [5, 5.41) is 11.5. The van der Waals surface area contributed by atoms with Gasteiger partial charge in [0.25, 0.3) is 17.7 Å². The molecule has 0 aliphatic heterocycles.